The van der Waals surface area contributed by atoms with Crippen LogP contribution in [0.15, 0.2) is 0 Å². The number of hydrogen-bond donors (Lipinski definition) is 0. The van der Waals surface area contributed by atoms with E-state index >= 15 is 0 Å². The fourth-order valence-corrected chi connectivity index (χ4v) is 4.70. The molecule has 0 radical (unpaired) electrons. The van der Waals surface area contributed by atoms with Crippen LogP contribution < -0.4 is 0 Å². The molecule has 1 nitrogen and oxygen atoms in total. The highest BCUT2D eigenvalue weighted by atomic mass is 16.5. The summed E-state index contributed by atoms with van der Waals surface area (Å²) < 4.78 is 5.74. The van der Waals surface area contributed by atoms with E-state index in [4.69, 9.17) is 4.74 Å². The summed E-state index contributed by atoms with van der Waals surface area (Å²) in [7, 11) is 0. The summed E-state index contributed by atoms with van der Waals surface area (Å²) >= 11 is 0. The van der Waals surface area contributed by atoms with E-state index in [1.54, 1.807) is 6.42 Å². The van der Waals surface area contributed by atoms with Crippen LogP contribution in [0.3, 0.4) is 0 Å². The molecule has 0 aromatic carbocycles. The zero-order valence-electron chi connectivity index (χ0n) is 10.8. The molecule has 16 heavy (non-hydrogen) atoms. The third kappa shape index (κ3) is 1.81. The molecule has 0 amide bonds. The van der Waals surface area contributed by atoms with Gasteiger partial charge in [-0.15, -0.1) is 0 Å². The Morgan fingerprint density at radius 3 is 2.56 bits per heavy atom. The van der Waals surface area contributed by atoms with Crippen molar-refractivity contribution in [3.8, 4) is 0 Å². The molecular formula is C15H26O. The highest BCUT2D eigenvalue weighted by molar-refractivity contribution is 4.97. The first kappa shape index (κ1) is 11.1. The summed E-state index contributed by atoms with van der Waals surface area (Å²) in [5.74, 6) is 5.16. The molecule has 92 valence electrons. The molecular weight excluding hydrogens is 196 g/mol. The maximum Gasteiger partial charge on any atom is 0.0576 e. The topological polar surface area (TPSA) is 9.23 Å². The zero-order chi connectivity index (χ0) is 11.1. The molecule has 6 unspecified atom stereocenters. The van der Waals surface area contributed by atoms with Crippen LogP contribution >= 0.6 is 0 Å². The van der Waals surface area contributed by atoms with Gasteiger partial charge in [-0.3, -0.25) is 0 Å². The van der Waals surface area contributed by atoms with E-state index in [9.17, 15) is 0 Å². The van der Waals surface area contributed by atoms with Gasteiger partial charge < -0.3 is 4.74 Å². The lowest BCUT2D eigenvalue weighted by Crippen LogP contribution is -2.25. The lowest BCUT2D eigenvalue weighted by Gasteiger charge is -2.32. The van der Waals surface area contributed by atoms with Crippen LogP contribution in [0.1, 0.15) is 52.4 Å². The van der Waals surface area contributed by atoms with Crippen LogP contribution in [0.25, 0.3) is 0 Å². The maximum atomic E-state index is 5.74. The second-order valence-corrected chi connectivity index (χ2v) is 6.59. The van der Waals surface area contributed by atoms with Gasteiger partial charge in [-0.05, 0) is 68.1 Å². The lowest BCUT2D eigenvalue weighted by molar-refractivity contribution is 0.0885. The zero-order valence-corrected chi connectivity index (χ0v) is 10.8. The summed E-state index contributed by atoms with van der Waals surface area (Å²) in [6.45, 7) is 5.99. The van der Waals surface area contributed by atoms with Gasteiger partial charge in [0.15, 0.2) is 0 Å². The molecule has 3 rings (SSSR count). The standard InChI is InChI=1S/C15H26O/c1-10-11(2)15-9-13(10)8-12(15)5-6-14-4-3-7-16-14/h10-15H,3-9H2,1-2H3. The van der Waals surface area contributed by atoms with Gasteiger partial charge in [-0.2, -0.15) is 0 Å². The molecule has 0 N–H and O–H groups in total. The van der Waals surface area contributed by atoms with E-state index in [1.165, 1.54) is 32.1 Å². The predicted molar refractivity (Wildman–Crippen MR) is 66.2 cm³/mol. The normalized spacial score (nSPS) is 51.4. The SMILES string of the molecule is CC1C2CC(CCC3CCCO3)C(C2)C1C. The average molecular weight is 222 g/mol. The molecule has 0 aromatic rings. The van der Waals surface area contributed by atoms with Crippen LogP contribution in [-0.2, 0) is 4.74 Å². The van der Waals surface area contributed by atoms with Gasteiger partial charge in [0, 0.05) is 6.61 Å². The van der Waals surface area contributed by atoms with Crippen molar-refractivity contribution in [2.24, 2.45) is 29.6 Å². The molecule has 3 fully saturated rings. The summed E-state index contributed by atoms with van der Waals surface area (Å²) in [4.78, 5) is 0. The van der Waals surface area contributed by atoms with Crippen molar-refractivity contribution >= 4 is 0 Å². The number of rotatable bonds is 3. The summed E-state index contributed by atoms with van der Waals surface area (Å²) in [6, 6.07) is 0. The van der Waals surface area contributed by atoms with Crippen LogP contribution in [0.5, 0.6) is 0 Å². The lowest BCUT2D eigenvalue weighted by atomic mass is 9.74. The van der Waals surface area contributed by atoms with Gasteiger partial charge in [0.2, 0.25) is 0 Å². The van der Waals surface area contributed by atoms with Crippen LogP contribution in [0.4, 0.5) is 0 Å². The van der Waals surface area contributed by atoms with E-state index in [2.05, 4.69) is 13.8 Å². The minimum Gasteiger partial charge on any atom is -0.378 e. The first-order valence-corrected chi connectivity index (χ1v) is 7.37. The van der Waals surface area contributed by atoms with E-state index < -0.39 is 0 Å². The molecule has 0 spiro atoms. The minimum atomic E-state index is 0.617. The first-order chi connectivity index (χ1) is 7.75. The monoisotopic (exact) mass is 222 g/mol. The van der Waals surface area contributed by atoms with Gasteiger partial charge in [-0.25, -0.2) is 0 Å². The Hall–Kier alpha value is -0.0400. The second kappa shape index (κ2) is 4.33. The highest BCUT2D eigenvalue weighted by Gasteiger charge is 2.48. The third-order valence-corrected chi connectivity index (χ3v) is 5.92. The van der Waals surface area contributed by atoms with Crippen LogP contribution in [0, 0.1) is 29.6 Å². The average Bonchev–Trinajstić information content (AvgIpc) is 2.96. The van der Waals surface area contributed by atoms with Gasteiger partial charge in [-0.1, -0.05) is 13.8 Å². The van der Waals surface area contributed by atoms with E-state index in [1.807, 2.05) is 0 Å². The Morgan fingerprint density at radius 1 is 1.06 bits per heavy atom. The maximum absolute atomic E-state index is 5.74. The molecule has 6 atom stereocenters. The highest BCUT2D eigenvalue weighted by Crippen LogP contribution is 2.56. The van der Waals surface area contributed by atoms with Crippen molar-refractivity contribution in [3.05, 3.63) is 0 Å². The second-order valence-electron chi connectivity index (χ2n) is 6.59. The molecule has 3 aliphatic rings. The van der Waals surface area contributed by atoms with E-state index in [0.717, 1.165) is 36.2 Å². The quantitative estimate of drug-likeness (QED) is 0.704. The largest absolute Gasteiger partial charge is 0.378 e. The number of hydrogen-bond acceptors (Lipinski definition) is 1. The summed E-state index contributed by atoms with van der Waals surface area (Å²) in [5, 5.41) is 0. The number of fused-ring (bicyclic) bond motifs is 2. The van der Waals surface area contributed by atoms with Crippen molar-refractivity contribution in [1.29, 1.82) is 0 Å². The molecule has 1 aliphatic heterocycles. The van der Waals surface area contributed by atoms with Crippen molar-refractivity contribution in [1.82, 2.24) is 0 Å². The fourth-order valence-electron chi connectivity index (χ4n) is 4.70. The van der Waals surface area contributed by atoms with Gasteiger partial charge >= 0.3 is 0 Å². The molecule has 2 saturated carbocycles. The van der Waals surface area contributed by atoms with Crippen molar-refractivity contribution < 1.29 is 4.74 Å². The van der Waals surface area contributed by atoms with Crippen molar-refractivity contribution in [2.45, 2.75) is 58.5 Å². The van der Waals surface area contributed by atoms with Gasteiger partial charge in [0.1, 0.15) is 0 Å². The Bertz CT molecular complexity index is 242. The molecule has 1 heteroatoms. The Labute approximate surface area is 99.9 Å². The Morgan fingerprint density at radius 2 is 1.94 bits per heavy atom. The van der Waals surface area contributed by atoms with Gasteiger partial charge in [0.05, 0.1) is 6.10 Å². The van der Waals surface area contributed by atoms with Crippen molar-refractivity contribution in [3.63, 3.8) is 0 Å². The minimum absolute atomic E-state index is 0.617. The molecule has 2 aliphatic carbocycles. The van der Waals surface area contributed by atoms with Crippen LogP contribution in [-0.4, -0.2) is 12.7 Å². The molecule has 2 bridgehead atoms. The van der Waals surface area contributed by atoms with E-state index in [0.29, 0.717) is 6.10 Å². The first-order valence-electron chi connectivity index (χ1n) is 7.37. The molecule has 1 heterocycles. The third-order valence-electron chi connectivity index (χ3n) is 5.92. The number of ether oxygens (including phenoxy) is 1. The Balaban J connectivity index is 1.50. The summed E-state index contributed by atoms with van der Waals surface area (Å²) in [6.07, 6.45) is 9.10. The fraction of sp³-hybridized carbons (Fsp3) is 1.00. The van der Waals surface area contributed by atoms with Crippen molar-refractivity contribution in [2.75, 3.05) is 6.61 Å². The predicted octanol–water partition coefficient (Wildman–Crippen LogP) is 3.87. The van der Waals surface area contributed by atoms with Gasteiger partial charge in [0.25, 0.3) is 0 Å². The van der Waals surface area contributed by atoms with Crippen LogP contribution in [0.2, 0.25) is 0 Å². The Kier molecular flexibility index (Phi) is 2.99. The van der Waals surface area contributed by atoms with E-state index in [-0.39, 0.29) is 0 Å². The molecule has 0 aromatic heterocycles. The smallest absolute Gasteiger partial charge is 0.0576 e. The summed E-state index contributed by atoms with van der Waals surface area (Å²) in [5.41, 5.74) is 0. The molecule has 1 saturated heterocycles.